The summed E-state index contributed by atoms with van der Waals surface area (Å²) in [6.45, 7) is 1.61. The van der Waals surface area contributed by atoms with Gasteiger partial charge in [-0.3, -0.25) is 4.79 Å². The van der Waals surface area contributed by atoms with Gasteiger partial charge in [-0.25, -0.2) is 0 Å². The first-order valence-electron chi connectivity index (χ1n) is 7.64. The van der Waals surface area contributed by atoms with Crippen molar-refractivity contribution in [3.8, 4) is 16.3 Å². The van der Waals surface area contributed by atoms with Crippen LogP contribution in [-0.2, 0) is 0 Å². The quantitative estimate of drug-likeness (QED) is 0.559. The number of azo groups is 1. The minimum absolute atomic E-state index is 0.183. The van der Waals surface area contributed by atoms with E-state index < -0.39 is 0 Å². The second-order valence-electron chi connectivity index (χ2n) is 5.46. The molecule has 0 aliphatic carbocycles. The van der Waals surface area contributed by atoms with Gasteiger partial charge in [0.2, 0.25) is 4.96 Å². The number of benzene rings is 2. The number of nitrogens with zero attached hydrogens (tertiary/aromatic N) is 6. The Morgan fingerprint density at radius 1 is 0.962 bits per heavy atom. The van der Waals surface area contributed by atoms with Crippen LogP contribution in [0.4, 0.5) is 11.4 Å². The van der Waals surface area contributed by atoms with E-state index in [1.165, 1.54) is 15.9 Å². The SMILES string of the molecule is Cc1nnc2sc(-c3ccc(N=Nc4ccc(O)cc4)cc3)nn2c1=O. The van der Waals surface area contributed by atoms with Crippen molar-refractivity contribution in [3.05, 3.63) is 64.6 Å². The summed E-state index contributed by atoms with van der Waals surface area (Å²) in [5.41, 5.74) is 2.21. The Hall–Kier alpha value is -3.46. The van der Waals surface area contributed by atoms with Crippen LogP contribution in [0.5, 0.6) is 5.75 Å². The van der Waals surface area contributed by atoms with Crippen molar-refractivity contribution in [2.45, 2.75) is 6.92 Å². The van der Waals surface area contributed by atoms with Crippen molar-refractivity contribution in [1.29, 1.82) is 0 Å². The van der Waals surface area contributed by atoms with Gasteiger partial charge in [0.1, 0.15) is 16.5 Å². The molecule has 128 valence electrons. The molecular weight excluding hydrogens is 352 g/mol. The number of phenols is 1. The van der Waals surface area contributed by atoms with Gasteiger partial charge in [-0.15, -0.1) is 10.2 Å². The molecule has 1 N–H and O–H groups in total. The van der Waals surface area contributed by atoms with Crippen LogP contribution in [0.15, 0.2) is 63.6 Å². The number of hydrogen-bond acceptors (Lipinski definition) is 8. The number of aromatic hydroxyl groups is 1. The molecule has 2 aromatic carbocycles. The molecule has 9 heteroatoms. The molecule has 0 bridgehead atoms. The molecule has 4 aromatic rings. The third-order valence-electron chi connectivity index (χ3n) is 3.59. The highest BCUT2D eigenvalue weighted by atomic mass is 32.1. The Morgan fingerprint density at radius 2 is 1.58 bits per heavy atom. The van der Waals surface area contributed by atoms with Crippen LogP contribution < -0.4 is 5.56 Å². The van der Waals surface area contributed by atoms with E-state index in [-0.39, 0.29) is 11.3 Å². The molecule has 0 aliphatic rings. The van der Waals surface area contributed by atoms with Crippen molar-refractivity contribution in [1.82, 2.24) is 19.8 Å². The summed E-state index contributed by atoms with van der Waals surface area (Å²) < 4.78 is 1.26. The Morgan fingerprint density at radius 3 is 2.23 bits per heavy atom. The molecule has 0 saturated heterocycles. The standard InChI is InChI=1S/C17H12N6O2S/c1-10-16(25)23-17(21-18-10)26-15(22-23)11-2-4-12(5-3-11)19-20-13-6-8-14(24)9-7-13/h2-9,24H,1H3. The molecule has 8 nitrogen and oxygen atoms in total. The van der Waals surface area contributed by atoms with Crippen molar-refractivity contribution in [2.24, 2.45) is 10.2 Å². The molecule has 0 saturated carbocycles. The molecule has 26 heavy (non-hydrogen) atoms. The van der Waals surface area contributed by atoms with Gasteiger partial charge >= 0.3 is 0 Å². The highest BCUT2D eigenvalue weighted by Crippen LogP contribution is 2.27. The van der Waals surface area contributed by atoms with Crippen LogP contribution >= 0.6 is 11.3 Å². The van der Waals surface area contributed by atoms with E-state index >= 15 is 0 Å². The summed E-state index contributed by atoms with van der Waals surface area (Å²) in [6, 6.07) is 13.8. The molecule has 0 spiro atoms. The largest absolute Gasteiger partial charge is 0.508 e. The number of hydrogen-bond donors (Lipinski definition) is 1. The van der Waals surface area contributed by atoms with E-state index in [1.54, 1.807) is 31.2 Å². The second kappa shape index (κ2) is 6.45. The zero-order valence-corrected chi connectivity index (χ0v) is 14.4. The fraction of sp³-hybridized carbons (Fsp3) is 0.0588. The zero-order chi connectivity index (χ0) is 18.1. The molecule has 4 rings (SSSR count). The Balaban J connectivity index is 1.60. The van der Waals surface area contributed by atoms with Crippen molar-refractivity contribution >= 4 is 27.7 Å². The van der Waals surface area contributed by atoms with Crippen molar-refractivity contribution in [2.75, 3.05) is 0 Å². The summed E-state index contributed by atoms with van der Waals surface area (Å²) in [5.74, 6) is 0.183. The topological polar surface area (TPSA) is 105 Å². The number of fused-ring (bicyclic) bond motifs is 1. The van der Waals surface area contributed by atoms with E-state index in [9.17, 15) is 9.90 Å². The molecule has 0 fully saturated rings. The highest BCUT2D eigenvalue weighted by molar-refractivity contribution is 7.19. The number of aryl methyl sites for hydroxylation is 1. The number of rotatable bonds is 3. The lowest BCUT2D eigenvalue weighted by Gasteiger charge is -1.97. The van der Waals surface area contributed by atoms with Crippen LogP contribution in [0, 0.1) is 6.92 Å². The van der Waals surface area contributed by atoms with E-state index in [0.29, 0.717) is 27.0 Å². The van der Waals surface area contributed by atoms with Crippen LogP contribution in [0.2, 0.25) is 0 Å². The highest BCUT2D eigenvalue weighted by Gasteiger charge is 2.10. The van der Waals surface area contributed by atoms with Gasteiger partial charge in [0.05, 0.1) is 11.4 Å². The minimum atomic E-state index is -0.267. The fourth-order valence-corrected chi connectivity index (χ4v) is 3.06. The predicted octanol–water partition coefficient (Wildman–Crippen LogP) is 3.64. The first-order valence-corrected chi connectivity index (χ1v) is 8.46. The monoisotopic (exact) mass is 364 g/mol. The van der Waals surface area contributed by atoms with Crippen molar-refractivity contribution in [3.63, 3.8) is 0 Å². The lowest BCUT2D eigenvalue weighted by molar-refractivity contribution is 0.475. The lowest BCUT2D eigenvalue weighted by Crippen LogP contribution is -2.19. The van der Waals surface area contributed by atoms with Gasteiger partial charge in [0.15, 0.2) is 0 Å². The van der Waals surface area contributed by atoms with Crippen molar-refractivity contribution < 1.29 is 5.11 Å². The molecule has 0 amide bonds. The van der Waals surface area contributed by atoms with E-state index in [2.05, 4.69) is 25.5 Å². The molecule has 0 radical (unpaired) electrons. The summed E-state index contributed by atoms with van der Waals surface area (Å²) >= 11 is 1.29. The van der Waals surface area contributed by atoms with Gasteiger partial charge < -0.3 is 5.11 Å². The Labute approximate surface area is 151 Å². The summed E-state index contributed by atoms with van der Waals surface area (Å²) in [4.78, 5) is 12.5. The molecule has 0 atom stereocenters. The minimum Gasteiger partial charge on any atom is -0.508 e. The third kappa shape index (κ3) is 3.07. The fourth-order valence-electron chi connectivity index (χ4n) is 2.21. The molecule has 2 aromatic heterocycles. The van der Waals surface area contributed by atoms with Gasteiger partial charge in [-0.2, -0.15) is 19.8 Å². The molecule has 0 aliphatic heterocycles. The maximum atomic E-state index is 12.0. The Bertz CT molecular complexity index is 1160. The first-order chi connectivity index (χ1) is 12.6. The van der Waals surface area contributed by atoms with Crippen LogP contribution in [0.25, 0.3) is 15.5 Å². The van der Waals surface area contributed by atoms with E-state index in [1.807, 2.05) is 24.3 Å². The van der Waals surface area contributed by atoms with E-state index in [4.69, 9.17) is 0 Å². The molecular formula is C17H12N6O2S. The number of phenolic OH excluding ortho intramolecular Hbond substituents is 1. The van der Waals surface area contributed by atoms with Crippen LogP contribution in [-0.4, -0.2) is 24.9 Å². The maximum Gasteiger partial charge on any atom is 0.296 e. The second-order valence-corrected chi connectivity index (χ2v) is 6.41. The average molecular weight is 364 g/mol. The Kier molecular flexibility index (Phi) is 3.98. The maximum absolute atomic E-state index is 12.0. The number of aromatic nitrogens is 4. The normalized spacial score (nSPS) is 11.4. The summed E-state index contributed by atoms with van der Waals surface area (Å²) in [7, 11) is 0. The predicted molar refractivity (Wildman–Crippen MR) is 97.4 cm³/mol. The van der Waals surface area contributed by atoms with Crippen LogP contribution in [0.3, 0.4) is 0 Å². The third-order valence-corrected chi connectivity index (χ3v) is 4.54. The zero-order valence-electron chi connectivity index (χ0n) is 13.6. The van der Waals surface area contributed by atoms with Gasteiger partial charge in [-0.1, -0.05) is 11.3 Å². The van der Waals surface area contributed by atoms with Gasteiger partial charge in [-0.05, 0) is 55.5 Å². The molecule has 0 unspecified atom stereocenters. The van der Waals surface area contributed by atoms with Crippen LogP contribution in [0.1, 0.15) is 5.69 Å². The lowest BCUT2D eigenvalue weighted by atomic mass is 10.2. The molecule has 2 heterocycles. The summed E-state index contributed by atoms with van der Waals surface area (Å²) in [5, 5.41) is 30.3. The first kappa shape index (κ1) is 16.0. The van der Waals surface area contributed by atoms with Gasteiger partial charge in [0.25, 0.3) is 5.56 Å². The summed E-state index contributed by atoms with van der Waals surface area (Å²) in [6.07, 6.45) is 0. The van der Waals surface area contributed by atoms with E-state index in [0.717, 1.165) is 5.56 Å². The smallest absolute Gasteiger partial charge is 0.296 e. The average Bonchev–Trinajstić information content (AvgIpc) is 3.10. The van der Waals surface area contributed by atoms with Gasteiger partial charge in [0, 0.05) is 5.56 Å².